The van der Waals surface area contributed by atoms with Crippen molar-refractivity contribution in [2.24, 2.45) is 0 Å². The minimum Gasteiger partial charge on any atom is -0.360 e. The minimum atomic E-state index is -4.00. The standard InChI is InChI=1S/C12H8Cl2FNO3S/c13-9-5-11(14)12(16-6-9)19-20(17,18)7-8-2-1-3-10(15)4-8/h1-6H,7H2. The van der Waals surface area contributed by atoms with Crippen LogP contribution in [-0.4, -0.2) is 13.4 Å². The molecule has 0 aliphatic carbocycles. The maximum atomic E-state index is 13.0. The smallest absolute Gasteiger partial charge is 0.314 e. The number of rotatable bonds is 4. The number of hydrogen-bond acceptors (Lipinski definition) is 4. The second-order valence-electron chi connectivity index (χ2n) is 3.86. The first-order chi connectivity index (χ1) is 9.35. The molecule has 0 amide bonds. The van der Waals surface area contributed by atoms with Crippen LogP contribution < -0.4 is 4.18 Å². The second-order valence-corrected chi connectivity index (χ2v) is 6.27. The van der Waals surface area contributed by atoms with Gasteiger partial charge in [0.2, 0.25) is 0 Å². The fourth-order valence-corrected chi connectivity index (χ4v) is 2.93. The van der Waals surface area contributed by atoms with E-state index in [1.807, 2.05) is 0 Å². The molecule has 1 aromatic heterocycles. The van der Waals surface area contributed by atoms with Crippen LogP contribution in [0.3, 0.4) is 0 Å². The highest BCUT2D eigenvalue weighted by molar-refractivity contribution is 7.86. The molecule has 0 saturated heterocycles. The lowest BCUT2D eigenvalue weighted by molar-refractivity contribution is 0.475. The van der Waals surface area contributed by atoms with E-state index in [-0.39, 0.29) is 21.5 Å². The Morgan fingerprint density at radius 2 is 2.00 bits per heavy atom. The Morgan fingerprint density at radius 1 is 1.25 bits per heavy atom. The van der Waals surface area contributed by atoms with E-state index in [9.17, 15) is 12.8 Å². The average molecular weight is 336 g/mol. The molecular formula is C12H8Cl2FNO3S. The Labute approximate surface area is 125 Å². The Kier molecular flexibility index (Phi) is 4.47. The molecular weight excluding hydrogens is 328 g/mol. The number of nitrogens with zero attached hydrogens (tertiary/aromatic N) is 1. The average Bonchev–Trinajstić information content (AvgIpc) is 2.32. The largest absolute Gasteiger partial charge is 0.360 e. The lowest BCUT2D eigenvalue weighted by atomic mass is 10.2. The topological polar surface area (TPSA) is 56.3 Å². The first kappa shape index (κ1) is 15.0. The molecule has 0 spiro atoms. The molecule has 0 unspecified atom stereocenters. The predicted molar refractivity (Wildman–Crippen MR) is 73.9 cm³/mol. The first-order valence-electron chi connectivity index (χ1n) is 5.33. The SMILES string of the molecule is O=S(=O)(Cc1cccc(F)c1)Oc1ncc(Cl)cc1Cl. The molecule has 0 atom stereocenters. The molecule has 0 aliphatic rings. The van der Waals surface area contributed by atoms with Crippen molar-refractivity contribution in [3.63, 3.8) is 0 Å². The van der Waals surface area contributed by atoms with Gasteiger partial charge in [-0.3, -0.25) is 0 Å². The fourth-order valence-electron chi connectivity index (χ4n) is 1.44. The maximum Gasteiger partial charge on any atom is 0.314 e. The van der Waals surface area contributed by atoms with E-state index in [0.29, 0.717) is 0 Å². The van der Waals surface area contributed by atoms with Gasteiger partial charge in [-0.05, 0) is 23.8 Å². The van der Waals surface area contributed by atoms with Crippen LogP contribution in [-0.2, 0) is 15.9 Å². The Morgan fingerprint density at radius 3 is 2.65 bits per heavy atom. The molecule has 2 aromatic rings. The van der Waals surface area contributed by atoms with Crippen molar-refractivity contribution in [3.8, 4) is 5.88 Å². The molecule has 106 valence electrons. The summed E-state index contributed by atoms with van der Waals surface area (Å²) in [6.07, 6.45) is 1.21. The normalized spacial score (nSPS) is 11.3. The van der Waals surface area contributed by atoms with E-state index in [1.54, 1.807) is 0 Å². The predicted octanol–water partition coefficient (Wildman–Crippen LogP) is 3.44. The summed E-state index contributed by atoms with van der Waals surface area (Å²) in [6.45, 7) is 0. The summed E-state index contributed by atoms with van der Waals surface area (Å²) in [5.41, 5.74) is 0.259. The molecule has 4 nitrogen and oxygen atoms in total. The maximum absolute atomic E-state index is 13.0. The van der Waals surface area contributed by atoms with Gasteiger partial charge in [-0.2, -0.15) is 8.42 Å². The van der Waals surface area contributed by atoms with Crippen LogP contribution in [0.15, 0.2) is 36.5 Å². The van der Waals surface area contributed by atoms with E-state index >= 15 is 0 Å². The van der Waals surface area contributed by atoms with Crippen LogP contribution in [0.4, 0.5) is 4.39 Å². The van der Waals surface area contributed by atoms with Crippen LogP contribution in [0.2, 0.25) is 10.0 Å². The third-order valence-corrected chi connectivity index (χ3v) is 3.79. The zero-order chi connectivity index (χ0) is 14.8. The minimum absolute atomic E-state index is 0.0275. The molecule has 0 radical (unpaired) electrons. The first-order valence-corrected chi connectivity index (χ1v) is 7.67. The molecule has 8 heteroatoms. The van der Waals surface area contributed by atoms with Gasteiger partial charge in [0.1, 0.15) is 16.6 Å². The van der Waals surface area contributed by atoms with Gasteiger partial charge in [-0.15, -0.1) is 0 Å². The van der Waals surface area contributed by atoms with Crippen LogP contribution >= 0.6 is 23.2 Å². The summed E-state index contributed by atoms with van der Waals surface area (Å²) in [4.78, 5) is 3.68. The third-order valence-electron chi connectivity index (χ3n) is 2.21. The summed E-state index contributed by atoms with van der Waals surface area (Å²) in [5, 5.41) is 0.227. The van der Waals surface area contributed by atoms with E-state index in [4.69, 9.17) is 27.4 Å². The monoisotopic (exact) mass is 335 g/mol. The summed E-state index contributed by atoms with van der Waals surface area (Å²) in [5.74, 6) is -1.29. The highest BCUT2D eigenvalue weighted by Crippen LogP contribution is 2.26. The third kappa shape index (κ3) is 4.06. The van der Waals surface area contributed by atoms with Crippen LogP contribution in [0, 0.1) is 5.82 Å². The molecule has 0 bridgehead atoms. The van der Waals surface area contributed by atoms with Crippen LogP contribution in [0.5, 0.6) is 5.88 Å². The van der Waals surface area contributed by atoms with E-state index in [1.165, 1.54) is 30.5 Å². The number of hydrogen-bond donors (Lipinski definition) is 0. The fraction of sp³-hybridized carbons (Fsp3) is 0.0833. The van der Waals surface area contributed by atoms with Crippen molar-refractivity contribution in [2.75, 3.05) is 0 Å². The second kappa shape index (κ2) is 5.95. The summed E-state index contributed by atoms with van der Waals surface area (Å²) >= 11 is 11.4. The zero-order valence-electron chi connectivity index (χ0n) is 9.89. The van der Waals surface area contributed by atoms with Crippen molar-refractivity contribution in [1.29, 1.82) is 0 Å². The van der Waals surface area contributed by atoms with E-state index in [2.05, 4.69) is 4.98 Å². The molecule has 2 rings (SSSR count). The van der Waals surface area contributed by atoms with Crippen molar-refractivity contribution in [1.82, 2.24) is 4.98 Å². The Hall–Kier alpha value is -1.37. The Bertz CT molecular complexity index is 737. The van der Waals surface area contributed by atoms with Crippen molar-refractivity contribution < 1.29 is 17.0 Å². The highest BCUT2D eigenvalue weighted by atomic mass is 35.5. The number of benzene rings is 1. The molecule has 1 aromatic carbocycles. The molecule has 0 N–H and O–H groups in total. The van der Waals surface area contributed by atoms with Gasteiger partial charge in [0, 0.05) is 6.20 Å². The molecule has 0 fully saturated rings. The zero-order valence-corrected chi connectivity index (χ0v) is 12.2. The highest BCUT2D eigenvalue weighted by Gasteiger charge is 2.17. The molecule has 20 heavy (non-hydrogen) atoms. The molecule has 0 aliphatic heterocycles. The van der Waals surface area contributed by atoms with Gasteiger partial charge in [0.25, 0.3) is 5.88 Å². The number of pyridine rings is 1. The van der Waals surface area contributed by atoms with Crippen molar-refractivity contribution in [3.05, 3.63) is 58.0 Å². The van der Waals surface area contributed by atoms with Gasteiger partial charge in [0.15, 0.2) is 0 Å². The van der Waals surface area contributed by atoms with Gasteiger partial charge >= 0.3 is 10.1 Å². The van der Waals surface area contributed by atoms with Gasteiger partial charge in [-0.25, -0.2) is 9.37 Å². The van der Waals surface area contributed by atoms with E-state index in [0.717, 1.165) is 6.07 Å². The summed E-state index contributed by atoms with van der Waals surface area (Å²) < 4.78 is 41.5. The quantitative estimate of drug-likeness (QED) is 0.803. The van der Waals surface area contributed by atoms with Gasteiger partial charge < -0.3 is 4.18 Å². The van der Waals surface area contributed by atoms with Gasteiger partial charge in [0.05, 0.1) is 5.02 Å². The van der Waals surface area contributed by atoms with Crippen LogP contribution in [0.1, 0.15) is 5.56 Å². The van der Waals surface area contributed by atoms with Crippen molar-refractivity contribution in [2.45, 2.75) is 5.75 Å². The number of halogens is 3. The summed E-state index contributed by atoms with van der Waals surface area (Å²) in [6, 6.07) is 6.52. The Balaban J connectivity index is 2.19. The molecule has 0 saturated carbocycles. The van der Waals surface area contributed by atoms with Gasteiger partial charge in [-0.1, -0.05) is 35.3 Å². The number of aromatic nitrogens is 1. The van der Waals surface area contributed by atoms with Crippen LogP contribution in [0.25, 0.3) is 0 Å². The lowest BCUT2D eigenvalue weighted by Gasteiger charge is -2.07. The lowest BCUT2D eigenvalue weighted by Crippen LogP contribution is -2.13. The van der Waals surface area contributed by atoms with Crippen molar-refractivity contribution >= 4 is 33.3 Å². The van der Waals surface area contributed by atoms with E-state index < -0.39 is 21.7 Å². The molecule has 1 heterocycles. The summed E-state index contributed by atoms with van der Waals surface area (Å²) in [7, 11) is -4.00.